The molecule has 1 atom stereocenters. The Morgan fingerprint density at radius 2 is 2.00 bits per heavy atom. The maximum Gasteiger partial charge on any atom is 0.217 e. The average Bonchev–Trinajstić information content (AvgIpc) is 2.66. The molecule has 1 aromatic rings. The Morgan fingerprint density at radius 3 is 2.56 bits per heavy atom. The van der Waals surface area contributed by atoms with Crippen LogP contribution < -0.4 is 0 Å². The van der Waals surface area contributed by atoms with Gasteiger partial charge in [-0.3, -0.25) is 0 Å². The van der Waals surface area contributed by atoms with E-state index in [0.29, 0.717) is 6.61 Å². The van der Waals surface area contributed by atoms with Gasteiger partial charge in [0, 0.05) is 4.47 Å². The summed E-state index contributed by atoms with van der Waals surface area (Å²) in [6.45, 7) is 7.24. The summed E-state index contributed by atoms with van der Waals surface area (Å²) in [6.07, 6.45) is 0. The Hall–Kier alpha value is -0.830. The fraction of sp³-hybridized carbons (Fsp3) is 0.462. The van der Waals surface area contributed by atoms with E-state index in [4.69, 9.17) is 4.74 Å². The summed E-state index contributed by atoms with van der Waals surface area (Å²) >= 11 is 3.52. The fourth-order valence-electron chi connectivity index (χ4n) is 1.60. The highest BCUT2D eigenvalue weighted by Gasteiger charge is 2.30. The summed E-state index contributed by atoms with van der Waals surface area (Å²) in [5.74, 6) is 0.757. The van der Waals surface area contributed by atoms with Gasteiger partial charge in [-0.2, -0.15) is 0 Å². The first-order valence-electron chi connectivity index (χ1n) is 5.44. The van der Waals surface area contributed by atoms with E-state index in [1.807, 2.05) is 24.3 Å². The lowest BCUT2D eigenvalue weighted by molar-refractivity contribution is 0.236. The summed E-state index contributed by atoms with van der Waals surface area (Å²) in [7, 11) is 0. The second kappa shape index (κ2) is 4.21. The van der Waals surface area contributed by atoms with Gasteiger partial charge in [0.25, 0.3) is 0 Å². The molecule has 2 nitrogen and oxygen atoms in total. The maximum atomic E-state index is 5.68. The molecule has 0 spiro atoms. The molecule has 0 N–H and O–H groups in total. The second-order valence-corrected chi connectivity index (χ2v) is 5.96. The van der Waals surface area contributed by atoms with E-state index in [0.717, 1.165) is 15.9 Å². The largest absolute Gasteiger partial charge is 0.475 e. The van der Waals surface area contributed by atoms with Crippen molar-refractivity contribution >= 4 is 21.8 Å². The van der Waals surface area contributed by atoms with Crippen molar-refractivity contribution in [1.29, 1.82) is 0 Å². The molecule has 0 unspecified atom stereocenters. The molecule has 0 saturated carbocycles. The third-order valence-electron chi connectivity index (χ3n) is 2.75. The molecule has 0 aliphatic carbocycles. The van der Waals surface area contributed by atoms with E-state index in [1.54, 1.807) is 0 Å². The van der Waals surface area contributed by atoms with Gasteiger partial charge in [-0.15, -0.1) is 0 Å². The van der Waals surface area contributed by atoms with Crippen molar-refractivity contribution in [2.45, 2.75) is 26.8 Å². The standard InChI is InChI=1S/C13H16BrNO/c1-13(2,3)11-8-16-12(15-11)9-6-4-5-7-10(9)14/h4-7,11H,8H2,1-3H3/t11-/m1/s1. The smallest absolute Gasteiger partial charge is 0.217 e. The monoisotopic (exact) mass is 281 g/mol. The predicted octanol–water partition coefficient (Wildman–Crippen LogP) is 3.64. The van der Waals surface area contributed by atoms with Crippen LogP contribution in [0.5, 0.6) is 0 Å². The van der Waals surface area contributed by atoms with E-state index in [2.05, 4.69) is 41.7 Å². The van der Waals surface area contributed by atoms with Crippen LogP contribution in [0.2, 0.25) is 0 Å². The molecule has 0 amide bonds. The zero-order valence-corrected chi connectivity index (χ0v) is 11.4. The van der Waals surface area contributed by atoms with Crippen LogP contribution in [0.1, 0.15) is 26.3 Å². The lowest BCUT2D eigenvalue weighted by Gasteiger charge is -2.21. The Balaban J connectivity index is 2.28. The number of halogens is 1. The molecule has 2 rings (SSSR count). The highest BCUT2D eigenvalue weighted by atomic mass is 79.9. The summed E-state index contributed by atoms with van der Waals surface area (Å²) in [5.41, 5.74) is 1.19. The number of rotatable bonds is 1. The molecule has 1 aromatic carbocycles. The molecule has 1 aliphatic heterocycles. The quantitative estimate of drug-likeness (QED) is 0.770. The first-order valence-corrected chi connectivity index (χ1v) is 6.23. The molecule has 3 heteroatoms. The predicted molar refractivity (Wildman–Crippen MR) is 69.9 cm³/mol. The number of ether oxygens (including phenoxy) is 1. The zero-order valence-electron chi connectivity index (χ0n) is 9.83. The molecule has 0 bridgehead atoms. The number of benzene rings is 1. The average molecular weight is 282 g/mol. The fourth-order valence-corrected chi connectivity index (χ4v) is 2.05. The van der Waals surface area contributed by atoms with Crippen LogP contribution in [-0.2, 0) is 4.74 Å². The number of hydrogen-bond acceptors (Lipinski definition) is 2. The Bertz CT molecular complexity index is 420. The van der Waals surface area contributed by atoms with Gasteiger partial charge in [-0.25, -0.2) is 4.99 Å². The molecule has 0 saturated heterocycles. The van der Waals surface area contributed by atoms with Crippen molar-refractivity contribution in [3.8, 4) is 0 Å². The second-order valence-electron chi connectivity index (χ2n) is 5.11. The van der Waals surface area contributed by atoms with Gasteiger partial charge in [0.05, 0.1) is 11.6 Å². The lowest BCUT2D eigenvalue weighted by Crippen LogP contribution is -2.25. The first-order chi connectivity index (χ1) is 7.48. The van der Waals surface area contributed by atoms with Gasteiger partial charge >= 0.3 is 0 Å². The van der Waals surface area contributed by atoms with E-state index >= 15 is 0 Å². The molecule has 0 fully saturated rings. The summed E-state index contributed by atoms with van der Waals surface area (Å²) in [4.78, 5) is 4.65. The lowest BCUT2D eigenvalue weighted by atomic mass is 9.88. The van der Waals surface area contributed by atoms with Crippen LogP contribution >= 0.6 is 15.9 Å². The van der Waals surface area contributed by atoms with E-state index in [-0.39, 0.29) is 11.5 Å². The van der Waals surface area contributed by atoms with E-state index in [9.17, 15) is 0 Å². The van der Waals surface area contributed by atoms with E-state index in [1.165, 1.54) is 0 Å². The van der Waals surface area contributed by atoms with Crippen LogP contribution in [0.25, 0.3) is 0 Å². The Labute approximate surface area is 105 Å². The van der Waals surface area contributed by atoms with Gasteiger partial charge in [0.2, 0.25) is 5.90 Å². The molecule has 0 aromatic heterocycles. The van der Waals surface area contributed by atoms with Gasteiger partial charge in [0.1, 0.15) is 6.61 Å². The third-order valence-corrected chi connectivity index (χ3v) is 3.45. The molecule has 16 heavy (non-hydrogen) atoms. The maximum absolute atomic E-state index is 5.68. The highest BCUT2D eigenvalue weighted by molar-refractivity contribution is 9.10. The number of aliphatic imine (C=N–C) groups is 1. The van der Waals surface area contributed by atoms with Gasteiger partial charge in [-0.1, -0.05) is 32.9 Å². The van der Waals surface area contributed by atoms with Gasteiger partial charge in [-0.05, 0) is 33.5 Å². The number of nitrogens with zero attached hydrogens (tertiary/aromatic N) is 1. The number of hydrogen-bond donors (Lipinski definition) is 0. The van der Waals surface area contributed by atoms with Crippen molar-refractivity contribution in [3.63, 3.8) is 0 Å². The molecular weight excluding hydrogens is 266 g/mol. The van der Waals surface area contributed by atoms with Crippen molar-refractivity contribution < 1.29 is 4.74 Å². The minimum absolute atomic E-state index is 0.156. The van der Waals surface area contributed by atoms with Crippen LogP contribution in [-0.4, -0.2) is 18.5 Å². The van der Waals surface area contributed by atoms with Crippen LogP contribution in [0, 0.1) is 5.41 Å². The summed E-state index contributed by atoms with van der Waals surface area (Å²) < 4.78 is 6.71. The van der Waals surface area contributed by atoms with Crippen LogP contribution in [0.3, 0.4) is 0 Å². The topological polar surface area (TPSA) is 21.6 Å². The van der Waals surface area contributed by atoms with E-state index < -0.39 is 0 Å². The van der Waals surface area contributed by atoms with Crippen molar-refractivity contribution in [1.82, 2.24) is 0 Å². The molecule has 1 aliphatic rings. The Kier molecular flexibility index (Phi) is 3.06. The minimum atomic E-state index is 0.156. The summed E-state index contributed by atoms with van der Waals surface area (Å²) in [5, 5.41) is 0. The van der Waals surface area contributed by atoms with Crippen LogP contribution in [0.4, 0.5) is 0 Å². The molecule has 1 heterocycles. The SMILES string of the molecule is CC(C)(C)[C@H]1COC(c2ccccc2Br)=N1. The van der Waals surface area contributed by atoms with Crippen molar-refractivity contribution in [3.05, 3.63) is 34.3 Å². The van der Waals surface area contributed by atoms with Gasteiger partial charge < -0.3 is 4.74 Å². The van der Waals surface area contributed by atoms with Crippen molar-refractivity contribution in [2.24, 2.45) is 10.4 Å². The zero-order chi connectivity index (χ0) is 11.8. The van der Waals surface area contributed by atoms with Crippen molar-refractivity contribution in [2.75, 3.05) is 6.61 Å². The molecular formula is C13H16BrNO. The molecule has 0 radical (unpaired) electrons. The van der Waals surface area contributed by atoms with Crippen LogP contribution in [0.15, 0.2) is 33.7 Å². The minimum Gasteiger partial charge on any atom is -0.475 e. The molecule has 86 valence electrons. The third kappa shape index (κ3) is 2.29. The normalized spacial score (nSPS) is 20.5. The van der Waals surface area contributed by atoms with Gasteiger partial charge in [0.15, 0.2) is 0 Å². The summed E-state index contributed by atoms with van der Waals surface area (Å²) in [6, 6.07) is 8.26. The highest BCUT2D eigenvalue weighted by Crippen LogP contribution is 2.28. The Morgan fingerprint density at radius 1 is 1.31 bits per heavy atom. The first kappa shape index (κ1) is 11.6.